The first-order valence-corrected chi connectivity index (χ1v) is 7.59. The molecule has 2 heterocycles. The summed E-state index contributed by atoms with van der Waals surface area (Å²) >= 11 is 0. The second-order valence-corrected chi connectivity index (χ2v) is 5.59. The average Bonchev–Trinajstić information content (AvgIpc) is 3.06. The number of hydrogen-bond donors (Lipinski definition) is 3. The van der Waals surface area contributed by atoms with Crippen molar-refractivity contribution in [1.29, 1.82) is 0 Å². The number of urea groups is 1. The number of carbonyl (C=O) groups excluding carboxylic acids is 2. The molecule has 22 heavy (non-hydrogen) atoms. The first-order valence-electron chi connectivity index (χ1n) is 7.59. The topological polar surface area (TPSA) is 75.2 Å². The van der Waals surface area contributed by atoms with Crippen LogP contribution in [0.2, 0.25) is 0 Å². The normalized spacial score (nSPS) is 17.5. The number of aryl methyl sites for hydroxylation is 1. The van der Waals surface area contributed by atoms with E-state index >= 15 is 0 Å². The predicted octanol–water partition coefficient (Wildman–Crippen LogP) is 2.06. The zero-order valence-electron chi connectivity index (χ0n) is 12.6. The Hall–Kier alpha value is -2.50. The highest BCUT2D eigenvalue weighted by Crippen LogP contribution is 2.21. The van der Waals surface area contributed by atoms with Gasteiger partial charge in [-0.15, -0.1) is 0 Å². The molecule has 2 aromatic rings. The van der Waals surface area contributed by atoms with Crippen molar-refractivity contribution >= 4 is 28.5 Å². The molecule has 116 valence electrons. The summed E-state index contributed by atoms with van der Waals surface area (Å²) in [7, 11) is 0. The molecule has 1 fully saturated rings. The van der Waals surface area contributed by atoms with E-state index in [1.54, 1.807) is 0 Å². The monoisotopic (exact) mass is 300 g/mol. The van der Waals surface area contributed by atoms with Crippen molar-refractivity contribution in [3.05, 3.63) is 30.5 Å². The van der Waals surface area contributed by atoms with Gasteiger partial charge in [-0.25, -0.2) is 4.79 Å². The van der Waals surface area contributed by atoms with Gasteiger partial charge in [0, 0.05) is 42.3 Å². The molecule has 1 aromatic carbocycles. The fourth-order valence-corrected chi connectivity index (χ4v) is 2.77. The van der Waals surface area contributed by atoms with Crippen LogP contribution >= 0.6 is 0 Å². The molecular weight excluding hydrogens is 280 g/mol. The number of nitrogens with zero attached hydrogens (tertiary/aromatic N) is 1. The van der Waals surface area contributed by atoms with Gasteiger partial charge in [-0.3, -0.25) is 4.79 Å². The van der Waals surface area contributed by atoms with Gasteiger partial charge in [-0.05, 0) is 30.7 Å². The highest BCUT2D eigenvalue weighted by molar-refractivity contribution is 5.93. The molecule has 3 rings (SSSR count). The molecule has 0 bridgehead atoms. The summed E-state index contributed by atoms with van der Waals surface area (Å²) in [5.41, 5.74) is 1.91. The van der Waals surface area contributed by atoms with E-state index in [0.717, 1.165) is 24.0 Å². The third-order valence-corrected chi connectivity index (χ3v) is 3.81. The number of amides is 3. The Morgan fingerprint density at radius 3 is 3.00 bits per heavy atom. The lowest BCUT2D eigenvalue weighted by molar-refractivity contribution is -0.119. The molecule has 0 spiro atoms. The predicted molar refractivity (Wildman–Crippen MR) is 85.8 cm³/mol. The third-order valence-electron chi connectivity index (χ3n) is 3.81. The van der Waals surface area contributed by atoms with E-state index in [0.29, 0.717) is 13.0 Å². The van der Waals surface area contributed by atoms with Crippen molar-refractivity contribution in [2.24, 2.45) is 0 Å². The Kier molecular flexibility index (Phi) is 4.00. The highest BCUT2D eigenvalue weighted by atomic mass is 16.2. The molecule has 3 amide bonds. The molecule has 1 aromatic heterocycles. The standard InChI is InChI=1S/C16H20N4O2/c1-2-6-20-7-5-11-8-12(3-4-14(11)20)18-16(22)19-13-9-15(21)17-10-13/h3-5,7-8,13H,2,6,9-10H2,1H3,(H,17,21)(H2,18,19,22). The fourth-order valence-electron chi connectivity index (χ4n) is 2.77. The van der Waals surface area contributed by atoms with Gasteiger partial charge in [0.1, 0.15) is 0 Å². The molecule has 1 saturated heterocycles. The van der Waals surface area contributed by atoms with Crippen LogP contribution in [-0.2, 0) is 11.3 Å². The molecule has 3 N–H and O–H groups in total. The van der Waals surface area contributed by atoms with Crippen LogP contribution in [0.25, 0.3) is 10.9 Å². The van der Waals surface area contributed by atoms with Crippen LogP contribution in [0, 0.1) is 0 Å². The van der Waals surface area contributed by atoms with Gasteiger partial charge in [-0.2, -0.15) is 0 Å². The number of benzene rings is 1. The van der Waals surface area contributed by atoms with Crippen molar-refractivity contribution in [3.8, 4) is 0 Å². The molecular formula is C16H20N4O2. The van der Waals surface area contributed by atoms with Gasteiger partial charge in [0.05, 0.1) is 6.04 Å². The van der Waals surface area contributed by atoms with Crippen LogP contribution in [0.3, 0.4) is 0 Å². The lowest BCUT2D eigenvalue weighted by Gasteiger charge is -2.12. The second kappa shape index (κ2) is 6.09. The molecule has 6 nitrogen and oxygen atoms in total. The van der Waals surface area contributed by atoms with Gasteiger partial charge >= 0.3 is 6.03 Å². The van der Waals surface area contributed by atoms with Gasteiger partial charge in [0.15, 0.2) is 0 Å². The fraction of sp³-hybridized carbons (Fsp3) is 0.375. The molecule has 6 heteroatoms. The quantitative estimate of drug-likeness (QED) is 0.808. The Bertz CT molecular complexity index is 707. The molecule has 0 aliphatic carbocycles. The summed E-state index contributed by atoms with van der Waals surface area (Å²) in [6.45, 7) is 3.62. The summed E-state index contributed by atoms with van der Waals surface area (Å²) in [5.74, 6) is -0.0241. The Morgan fingerprint density at radius 1 is 1.41 bits per heavy atom. The molecule has 1 unspecified atom stereocenters. The van der Waals surface area contributed by atoms with Gasteiger partial charge in [0.25, 0.3) is 0 Å². The van der Waals surface area contributed by atoms with Gasteiger partial charge in [0.2, 0.25) is 5.91 Å². The largest absolute Gasteiger partial charge is 0.354 e. The maximum absolute atomic E-state index is 12.0. The Labute approximate surface area is 128 Å². The van der Waals surface area contributed by atoms with Gasteiger partial charge in [-0.1, -0.05) is 6.92 Å². The number of fused-ring (bicyclic) bond motifs is 1. The van der Waals surface area contributed by atoms with Crippen molar-refractivity contribution in [2.45, 2.75) is 32.4 Å². The van der Waals surface area contributed by atoms with Crippen molar-refractivity contribution < 1.29 is 9.59 Å². The maximum Gasteiger partial charge on any atom is 0.319 e. The molecule has 0 radical (unpaired) electrons. The van der Waals surface area contributed by atoms with E-state index in [-0.39, 0.29) is 18.0 Å². The number of anilines is 1. The molecule has 1 aliphatic heterocycles. The van der Waals surface area contributed by atoms with E-state index in [1.807, 2.05) is 24.3 Å². The minimum absolute atomic E-state index is 0.0241. The minimum Gasteiger partial charge on any atom is -0.354 e. The van der Waals surface area contributed by atoms with E-state index < -0.39 is 0 Å². The van der Waals surface area contributed by atoms with Crippen LogP contribution < -0.4 is 16.0 Å². The van der Waals surface area contributed by atoms with E-state index in [4.69, 9.17) is 0 Å². The number of aromatic nitrogens is 1. The average molecular weight is 300 g/mol. The van der Waals surface area contributed by atoms with Crippen LogP contribution in [0.1, 0.15) is 19.8 Å². The zero-order chi connectivity index (χ0) is 15.5. The van der Waals surface area contributed by atoms with Crippen molar-refractivity contribution in [2.75, 3.05) is 11.9 Å². The van der Waals surface area contributed by atoms with Gasteiger partial charge < -0.3 is 20.5 Å². The summed E-state index contributed by atoms with van der Waals surface area (Å²) < 4.78 is 2.20. The Balaban J connectivity index is 1.66. The van der Waals surface area contributed by atoms with Crippen LogP contribution in [-0.4, -0.2) is 29.1 Å². The lowest BCUT2D eigenvalue weighted by Crippen LogP contribution is -2.39. The van der Waals surface area contributed by atoms with Crippen LogP contribution in [0.4, 0.5) is 10.5 Å². The van der Waals surface area contributed by atoms with E-state index in [1.165, 1.54) is 5.52 Å². The number of carbonyl (C=O) groups is 2. The summed E-state index contributed by atoms with van der Waals surface area (Å²) in [4.78, 5) is 23.1. The maximum atomic E-state index is 12.0. The summed E-state index contributed by atoms with van der Waals surface area (Å²) in [5, 5.41) is 9.41. The first-order chi connectivity index (χ1) is 10.7. The molecule has 1 atom stereocenters. The number of nitrogens with one attached hydrogen (secondary N) is 3. The van der Waals surface area contributed by atoms with Crippen LogP contribution in [0.5, 0.6) is 0 Å². The van der Waals surface area contributed by atoms with E-state index in [9.17, 15) is 9.59 Å². The van der Waals surface area contributed by atoms with Crippen molar-refractivity contribution in [1.82, 2.24) is 15.2 Å². The highest BCUT2D eigenvalue weighted by Gasteiger charge is 2.22. The summed E-state index contributed by atoms with van der Waals surface area (Å²) in [6, 6.07) is 7.50. The smallest absolute Gasteiger partial charge is 0.319 e. The minimum atomic E-state index is -0.283. The zero-order valence-corrected chi connectivity index (χ0v) is 12.6. The first kappa shape index (κ1) is 14.4. The van der Waals surface area contributed by atoms with Crippen molar-refractivity contribution in [3.63, 3.8) is 0 Å². The van der Waals surface area contributed by atoms with Crippen LogP contribution in [0.15, 0.2) is 30.5 Å². The van der Waals surface area contributed by atoms with E-state index in [2.05, 4.69) is 33.6 Å². The lowest BCUT2D eigenvalue weighted by atomic mass is 10.2. The summed E-state index contributed by atoms with van der Waals surface area (Å²) in [6.07, 6.45) is 3.49. The molecule has 0 saturated carbocycles. The number of rotatable bonds is 4. The second-order valence-electron chi connectivity index (χ2n) is 5.59. The number of hydrogen-bond acceptors (Lipinski definition) is 2. The third kappa shape index (κ3) is 3.05. The molecule has 1 aliphatic rings. The SMILES string of the molecule is CCCn1ccc2cc(NC(=O)NC3CNC(=O)C3)ccc21. The Morgan fingerprint density at radius 2 is 2.27 bits per heavy atom.